The van der Waals surface area contributed by atoms with E-state index in [1.807, 2.05) is 24.3 Å². The van der Waals surface area contributed by atoms with Crippen LogP contribution in [0, 0.1) is 0 Å². The maximum Gasteiger partial charge on any atom is 0.340 e. The Hall–Kier alpha value is -2.91. The number of carbonyl (C=O) groups excluding carboxylic acids is 1. The van der Waals surface area contributed by atoms with E-state index in [2.05, 4.69) is 30.3 Å². The lowest BCUT2D eigenvalue weighted by atomic mass is 9.84. The molecule has 1 aliphatic rings. The van der Waals surface area contributed by atoms with Crippen LogP contribution in [0.15, 0.2) is 78.9 Å². The molecule has 3 heteroatoms. The topological polar surface area (TPSA) is 46.5 Å². The van der Waals surface area contributed by atoms with Crippen LogP contribution >= 0.6 is 0 Å². The summed E-state index contributed by atoms with van der Waals surface area (Å²) in [6.07, 6.45) is 1.11. The summed E-state index contributed by atoms with van der Waals surface area (Å²) >= 11 is 0. The first-order valence-corrected chi connectivity index (χ1v) is 9.35. The van der Waals surface area contributed by atoms with Crippen LogP contribution in [0.5, 0.6) is 0 Å². The molecule has 2 atom stereocenters. The zero-order chi connectivity index (χ0) is 18.6. The van der Waals surface area contributed by atoms with E-state index in [0.29, 0.717) is 5.56 Å². The molecule has 0 heterocycles. The second-order valence-electron chi connectivity index (χ2n) is 6.88. The highest BCUT2D eigenvalue weighted by atomic mass is 16.6. The second kappa shape index (κ2) is 7.77. The molecule has 27 heavy (non-hydrogen) atoms. The van der Waals surface area contributed by atoms with Crippen molar-refractivity contribution in [2.75, 3.05) is 0 Å². The lowest BCUT2D eigenvalue weighted by Gasteiger charge is -2.29. The highest BCUT2D eigenvalue weighted by Crippen LogP contribution is 2.40. The van der Waals surface area contributed by atoms with Crippen molar-refractivity contribution in [2.24, 2.45) is 0 Å². The SMILES string of the molecule is O=C(O[C@H]1CCCc2cccc(-c3ccccc3)c21)[C@@H](O)c1ccccc1. The van der Waals surface area contributed by atoms with Crippen LogP contribution in [0.3, 0.4) is 0 Å². The average Bonchev–Trinajstić information content (AvgIpc) is 2.74. The Morgan fingerprint density at radius 1 is 0.926 bits per heavy atom. The minimum atomic E-state index is -1.26. The maximum atomic E-state index is 12.6. The number of esters is 1. The van der Waals surface area contributed by atoms with Crippen LogP contribution in [-0.2, 0) is 16.0 Å². The molecular weight excluding hydrogens is 336 g/mol. The number of aryl methyl sites for hydroxylation is 1. The van der Waals surface area contributed by atoms with E-state index in [9.17, 15) is 9.90 Å². The molecule has 0 spiro atoms. The first-order valence-electron chi connectivity index (χ1n) is 9.35. The molecule has 1 aliphatic carbocycles. The molecule has 0 aromatic heterocycles. The molecule has 4 rings (SSSR count). The largest absolute Gasteiger partial charge is 0.455 e. The van der Waals surface area contributed by atoms with E-state index >= 15 is 0 Å². The van der Waals surface area contributed by atoms with Crippen molar-refractivity contribution < 1.29 is 14.6 Å². The zero-order valence-electron chi connectivity index (χ0n) is 15.0. The number of hydrogen-bond donors (Lipinski definition) is 1. The first-order chi connectivity index (χ1) is 13.2. The number of hydrogen-bond acceptors (Lipinski definition) is 3. The highest BCUT2D eigenvalue weighted by Gasteiger charge is 2.29. The Bertz CT molecular complexity index is 919. The van der Waals surface area contributed by atoms with Gasteiger partial charge in [0.15, 0.2) is 6.10 Å². The zero-order valence-corrected chi connectivity index (χ0v) is 15.0. The smallest absolute Gasteiger partial charge is 0.340 e. The predicted octanol–water partition coefficient (Wildman–Crippen LogP) is 5.01. The van der Waals surface area contributed by atoms with Gasteiger partial charge in [0.2, 0.25) is 0 Å². The van der Waals surface area contributed by atoms with Gasteiger partial charge in [0, 0.05) is 5.56 Å². The van der Waals surface area contributed by atoms with Crippen LogP contribution < -0.4 is 0 Å². The number of aliphatic hydroxyl groups is 1. The van der Waals surface area contributed by atoms with Crippen LogP contribution in [0.4, 0.5) is 0 Å². The molecule has 3 aromatic carbocycles. The fourth-order valence-corrected chi connectivity index (χ4v) is 3.80. The van der Waals surface area contributed by atoms with Crippen LogP contribution in [0.25, 0.3) is 11.1 Å². The van der Waals surface area contributed by atoms with Crippen molar-refractivity contribution in [3.05, 3.63) is 95.6 Å². The third-order valence-electron chi connectivity index (χ3n) is 5.11. The van der Waals surface area contributed by atoms with E-state index in [1.54, 1.807) is 24.3 Å². The molecular formula is C24H22O3. The molecule has 0 bridgehead atoms. The highest BCUT2D eigenvalue weighted by molar-refractivity contribution is 5.77. The number of fused-ring (bicyclic) bond motifs is 1. The van der Waals surface area contributed by atoms with Gasteiger partial charge in [-0.05, 0) is 41.5 Å². The summed E-state index contributed by atoms with van der Waals surface area (Å²) in [5.74, 6) is -0.595. The summed E-state index contributed by atoms with van der Waals surface area (Å²) in [5.41, 5.74) is 5.05. The summed E-state index contributed by atoms with van der Waals surface area (Å²) in [5, 5.41) is 10.4. The fraction of sp³-hybridized carbons (Fsp3) is 0.208. The standard InChI is InChI=1S/C24H22O3/c25-23(19-11-5-2-6-12-19)24(26)27-21-16-8-14-18-13-7-15-20(22(18)21)17-9-3-1-4-10-17/h1-7,9-13,15,21,23,25H,8,14,16H2/t21-,23-/m0/s1. The summed E-state index contributed by atoms with van der Waals surface area (Å²) in [6.45, 7) is 0. The first kappa shape index (κ1) is 17.5. The normalized spacial score (nSPS) is 17.0. The molecule has 0 saturated carbocycles. The quantitative estimate of drug-likeness (QED) is 0.667. The van der Waals surface area contributed by atoms with Crippen LogP contribution in [-0.4, -0.2) is 11.1 Å². The Morgan fingerprint density at radius 2 is 1.63 bits per heavy atom. The Kier molecular flexibility index (Phi) is 5.03. The van der Waals surface area contributed by atoms with Gasteiger partial charge in [0.25, 0.3) is 0 Å². The number of carbonyl (C=O) groups is 1. The fourth-order valence-electron chi connectivity index (χ4n) is 3.80. The van der Waals surface area contributed by atoms with E-state index in [0.717, 1.165) is 36.0 Å². The summed E-state index contributed by atoms with van der Waals surface area (Å²) in [4.78, 5) is 12.6. The van der Waals surface area contributed by atoms with Crippen molar-refractivity contribution in [1.82, 2.24) is 0 Å². The number of benzene rings is 3. The minimum Gasteiger partial charge on any atom is -0.455 e. The van der Waals surface area contributed by atoms with Gasteiger partial charge in [0.05, 0.1) is 0 Å². The van der Waals surface area contributed by atoms with Gasteiger partial charge in [-0.1, -0.05) is 78.9 Å². The molecule has 1 N–H and O–H groups in total. The molecule has 0 amide bonds. The summed E-state index contributed by atoms with van der Waals surface area (Å²) < 4.78 is 5.81. The van der Waals surface area contributed by atoms with E-state index in [-0.39, 0.29) is 6.10 Å². The van der Waals surface area contributed by atoms with Crippen molar-refractivity contribution >= 4 is 5.97 Å². The van der Waals surface area contributed by atoms with Gasteiger partial charge in [0.1, 0.15) is 6.10 Å². The predicted molar refractivity (Wildman–Crippen MR) is 105 cm³/mol. The maximum absolute atomic E-state index is 12.6. The molecule has 0 radical (unpaired) electrons. The average molecular weight is 358 g/mol. The molecule has 136 valence electrons. The lowest BCUT2D eigenvalue weighted by Crippen LogP contribution is -2.22. The van der Waals surface area contributed by atoms with E-state index in [1.165, 1.54) is 5.56 Å². The Morgan fingerprint density at radius 3 is 2.37 bits per heavy atom. The monoisotopic (exact) mass is 358 g/mol. The Labute approximate surface area is 159 Å². The van der Waals surface area contributed by atoms with Crippen molar-refractivity contribution in [1.29, 1.82) is 0 Å². The number of ether oxygens (including phenoxy) is 1. The Balaban J connectivity index is 1.64. The van der Waals surface area contributed by atoms with E-state index in [4.69, 9.17) is 4.74 Å². The molecule has 0 saturated heterocycles. The molecule has 0 aliphatic heterocycles. The molecule has 3 aromatic rings. The lowest BCUT2D eigenvalue weighted by molar-refractivity contribution is -0.160. The van der Waals surface area contributed by atoms with Crippen LogP contribution in [0.1, 0.15) is 41.7 Å². The molecule has 0 unspecified atom stereocenters. The van der Waals surface area contributed by atoms with E-state index < -0.39 is 12.1 Å². The number of rotatable bonds is 4. The van der Waals surface area contributed by atoms with Crippen molar-refractivity contribution in [2.45, 2.75) is 31.5 Å². The summed E-state index contributed by atoms with van der Waals surface area (Å²) in [6, 6.07) is 25.3. The molecule has 3 nitrogen and oxygen atoms in total. The second-order valence-corrected chi connectivity index (χ2v) is 6.88. The number of aliphatic hydroxyl groups excluding tert-OH is 1. The van der Waals surface area contributed by atoms with Crippen molar-refractivity contribution in [3.8, 4) is 11.1 Å². The van der Waals surface area contributed by atoms with Gasteiger partial charge >= 0.3 is 5.97 Å². The molecule has 0 fully saturated rings. The third-order valence-corrected chi connectivity index (χ3v) is 5.11. The third kappa shape index (κ3) is 3.64. The van der Waals surface area contributed by atoms with Gasteiger partial charge < -0.3 is 9.84 Å². The summed E-state index contributed by atoms with van der Waals surface area (Å²) in [7, 11) is 0. The minimum absolute atomic E-state index is 0.337. The van der Waals surface area contributed by atoms with Crippen molar-refractivity contribution in [3.63, 3.8) is 0 Å². The van der Waals surface area contributed by atoms with Gasteiger partial charge in [-0.25, -0.2) is 4.79 Å². The van der Waals surface area contributed by atoms with Gasteiger partial charge in [-0.15, -0.1) is 0 Å². The van der Waals surface area contributed by atoms with Crippen LogP contribution in [0.2, 0.25) is 0 Å². The van der Waals surface area contributed by atoms with Gasteiger partial charge in [-0.2, -0.15) is 0 Å². The van der Waals surface area contributed by atoms with Gasteiger partial charge in [-0.3, -0.25) is 0 Å².